The van der Waals surface area contributed by atoms with Gasteiger partial charge in [0.2, 0.25) is 5.76 Å². The second-order valence-electron chi connectivity index (χ2n) is 3.58. The second-order valence-corrected chi connectivity index (χ2v) is 3.94. The summed E-state index contributed by atoms with van der Waals surface area (Å²) in [5.41, 5.74) is 1.77. The molecule has 0 aliphatic carbocycles. The van der Waals surface area contributed by atoms with Gasteiger partial charge in [-0.15, -0.1) is 0 Å². The van der Waals surface area contributed by atoms with Crippen LogP contribution in [0.1, 0.15) is 17.1 Å². The third-order valence-corrected chi connectivity index (χ3v) is 2.50. The predicted molar refractivity (Wildman–Crippen MR) is 64.7 cm³/mol. The van der Waals surface area contributed by atoms with E-state index in [0.29, 0.717) is 23.2 Å². The summed E-state index contributed by atoms with van der Waals surface area (Å²) < 4.78 is 5.24. The van der Waals surface area contributed by atoms with Crippen molar-refractivity contribution < 1.29 is 4.42 Å². The molecule has 1 N–H and O–H groups in total. The average molecular weight is 248 g/mol. The number of furan rings is 1. The fourth-order valence-electron chi connectivity index (χ4n) is 1.39. The van der Waals surface area contributed by atoms with Crippen molar-refractivity contribution in [1.29, 1.82) is 5.26 Å². The summed E-state index contributed by atoms with van der Waals surface area (Å²) in [5.74, 6) is 0.981. The number of aryl methyl sites for hydroxylation is 1. The summed E-state index contributed by atoms with van der Waals surface area (Å²) in [6, 6.07) is 7.22. The van der Waals surface area contributed by atoms with Gasteiger partial charge in [0.25, 0.3) is 0 Å². The molecule has 0 aliphatic rings. The molecule has 86 valence electrons. The van der Waals surface area contributed by atoms with Crippen molar-refractivity contribution in [3.8, 4) is 6.07 Å². The standard InChI is InChI=1S/C12H10ClN3O/c1-8-4-11(12(13)16-6-8)15-7-10-3-2-9(5-14)17-10/h2-4,6,15H,7H2,1H3. The minimum Gasteiger partial charge on any atom is -0.449 e. The van der Waals surface area contributed by atoms with E-state index in [2.05, 4.69) is 10.3 Å². The number of nitrogens with zero attached hydrogens (tertiary/aromatic N) is 2. The van der Waals surface area contributed by atoms with E-state index in [9.17, 15) is 0 Å². The van der Waals surface area contributed by atoms with Crippen LogP contribution in [-0.4, -0.2) is 4.98 Å². The Labute approximate surface area is 104 Å². The van der Waals surface area contributed by atoms with Crippen LogP contribution in [0, 0.1) is 18.3 Å². The number of hydrogen-bond donors (Lipinski definition) is 1. The van der Waals surface area contributed by atoms with Gasteiger partial charge >= 0.3 is 0 Å². The molecule has 0 saturated carbocycles. The summed E-state index contributed by atoms with van der Waals surface area (Å²) in [6.07, 6.45) is 1.70. The molecular formula is C12H10ClN3O. The molecule has 0 saturated heterocycles. The Morgan fingerprint density at radius 2 is 2.35 bits per heavy atom. The van der Waals surface area contributed by atoms with Crippen LogP contribution in [0.3, 0.4) is 0 Å². The lowest BCUT2D eigenvalue weighted by Gasteiger charge is -2.06. The smallest absolute Gasteiger partial charge is 0.203 e. The molecule has 2 aromatic rings. The third-order valence-electron chi connectivity index (χ3n) is 2.20. The molecule has 0 aliphatic heterocycles. The molecule has 2 aromatic heterocycles. The van der Waals surface area contributed by atoms with Gasteiger partial charge in [-0.3, -0.25) is 0 Å². The monoisotopic (exact) mass is 247 g/mol. The molecule has 0 fully saturated rings. The highest BCUT2D eigenvalue weighted by Crippen LogP contribution is 2.20. The summed E-state index contributed by atoms with van der Waals surface area (Å²) >= 11 is 5.94. The average Bonchev–Trinajstić information content (AvgIpc) is 2.78. The van der Waals surface area contributed by atoms with Crippen LogP contribution in [0.2, 0.25) is 5.15 Å². The lowest BCUT2D eigenvalue weighted by atomic mass is 10.3. The Morgan fingerprint density at radius 3 is 3.06 bits per heavy atom. The number of pyridine rings is 1. The van der Waals surface area contributed by atoms with Gasteiger partial charge in [-0.1, -0.05) is 11.6 Å². The van der Waals surface area contributed by atoms with Crippen molar-refractivity contribution in [3.05, 3.63) is 46.6 Å². The first kappa shape index (κ1) is 11.5. The summed E-state index contributed by atoms with van der Waals surface area (Å²) in [7, 11) is 0. The Morgan fingerprint density at radius 1 is 1.53 bits per heavy atom. The van der Waals surface area contributed by atoms with Crippen molar-refractivity contribution in [2.45, 2.75) is 13.5 Å². The maximum absolute atomic E-state index is 8.62. The summed E-state index contributed by atoms with van der Waals surface area (Å²) in [4.78, 5) is 4.03. The van der Waals surface area contributed by atoms with E-state index < -0.39 is 0 Å². The maximum atomic E-state index is 8.62. The molecule has 2 heterocycles. The van der Waals surface area contributed by atoms with Gasteiger partial charge in [0.1, 0.15) is 11.8 Å². The Balaban J connectivity index is 2.07. The number of rotatable bonds is 3. The zero-order valence-electron chi connectivity index (χ0n) is 9.20. The minimum absolute atomic E-state index is 0.301. The quantitative estimate of drug-likeness (QED) is 0.847. The first-order valence-electron chi connectivity index (χ1n) is 5.04. The highest BCUT2D eigenvalue weighted by molar-refractivity contribution is 6.31. The number of aromatic nitrogens is 1. The molecule has 0 aromatic carbocycles. The van der Waals surface area contributed by atoms with Gasteiger partial charge in [-0.05, 0) is 30.7 Å². The molecule has 5 heteroatoms. The third kappa shape index (κ3) is 2.77. The normalized spacial score (nSPS) is 9.94. The van der Waals surface area contributed by atoms with Gasteiger partial charge in [0.15, 0.2) is 5.15 Å². The first-order valence-corrected chi connectivity index (χ1v) is 5.41. The number of nitriles is 1. The zero-order valence-corrected chi connectivity index (χ0v) is 9.95. The topological polar surface area (TPSA) is 61.9 Å². The molecule has 0 amide bonds. The molecule has 4 nitrogen and oxygen atoms in total. The SMILES string of the molecule is Cc1cnc(Cl)c(NCc2ccc(C#N)o2)c1. The Hall–Kier alpha value is -1.99. The van der Waals surface area contributed by atoms with E-state index in [-0.39, 0.29) is 0 Å². The Bertz CT molecular complexity index is 571. The maximum Gasteiger partial charge on any atom is 0.203 e. The predicted octanol–water partition coefficient (Wildman–Crippen LogP) is 3.12. The largest absolute Gasteiger partial charge is 0.449 e. The lowest BCUT2D eigenvalue weighted by molar-refractivity contribution is 0.506. The van der Waals surface area contributed by atoms with Crippen LogP contribution in [0.15, 0.2) is 28.8 Å². The molecule has 0 bridgehead atoms. The molecule has 0 atom stereocenters. The van der Waals surface area contributed by atoms with Crippen LogP contribution in [0.4, 0.5) is 5.69 Å². The molecule has 0 radical (unpaired) electrons. The number of hydrogen-bond acceptors (Lipinski definition) is 4. The van der Waals surface area contributed by atoms with E-state index >= 15 is 0 Å². The highest BCUT2D eigenvalue weighted by atomic mass is 35.5. The fraction of sp³-hybridized carbons (Fsp3) is 0.167. The van der Waals surface area contributed by atoms with Crippen LogP contribution < -0.4 is 5.32 Å². The van der Waals surface area contributed by atoms with E-state index in [0.717, 1.165) is 11.3 Å². The van der Waals surface area contributed by atoms with Crippen molar-refractivity contribution >= 4 is 17.3 Å². The van der Waals surface area contributed by atoms with E-state index in [1.165, 1.54) is 0 Å². The molecule has 0 spiro atoms. The highest BCUT2D eigenvalue weighted by Gasteiger charge is 2.04. The molecule has 0 unspecified atom stereocenters. The molecular weight excluding hydrogens is 238 g/mol. The van der Waals surface area contributed by atoms with Gasteiger partial charge in [-0.25, -0.2) is 4.98 Å². The number of anilines is 1. The summed E-state index contributed by atoms with van der Waals surface area (Å²) in [6.45, 7) is 2.40. The van der Waals surface area contributed by atoms with Crippen LogP contribution >= 0.6 is 11.6 Å². The van der Waals surface area contributed by atoms with Gasteiger partial charge in [0.05, 0.1) is 12.2 Å². The van der Waals surface area contributed by atoms with Crippen molar-refractivity contribution in [1.82, 2.24) is 4.98 Å². The number of halogens is 1. The van der Waals surface area contributed by atoms with Gasteiger partial charge < -0.3 is 9.73 Å². The fourth-order valence-corrected chi connectivity index (χ4v) is 1.56. The molecule has 2 rings (SSSR count). The van der Waals surface area contributed by atoms with Crippen molar-refractivity contribution in [3.63, 3.8) is 0 Å². The number of nitrogens with one attached hydrogen (secondary N) is 1. The van der Waals surface area contributed by atoms with Gasteiger partial charge in [-0.2, -0.15) is 5.26 Å². The second kappa shape index (κ2) is 4.89. The lowest BCUT2D eigenvalue weighted by Crippen LogP contribution is -2.00. The first-order chi connectivity index (χ1) is 8.19. The molecule has 17 heavy (non-hydrogen) atoms. The van der Waals surface area contributed by atoms with E-state index in [4.69, 9.17) is 21.3 Å². The van der Waals surface area contributed by atoms with Crippen LogP contribution in [-0.2, 0) is 6.54 Å². The van der Waals surface area contributed by atoms with Crippen molar-refractivity contribution in [2.75, 3.05) is 5.32 Å². The Kier molecular flexibility index (Phi) is 3.31. The van der Waals surface area contributed by atoms with Crippen LogP contribution in [0.5, 0.6) is 0 Å². The summed E-state index contributed by atoms with van der Waals surface area (Å²) in [5, 5.41) is 12.2. The minimum atomic E-state index is 0.301. The zero-order chi connectivity index (χ0) is 12.3. The van der Waals surface area contributed by atoms with E-state index in [1.54, 1.807) is 18.3 Å². The van der Waals surface area contributed by atoms with Crippen molar-refractivity contribution in [2.24, 2.45) is 0 Å². The van der Waals surface area contributed by atoms with Crippen LogP contribution in [0.25, 0.3) is 0 Å². The van der Waals surface area contributed by atoms with Gasteiger partial charge in [0, 0.05) is 6.20 Å². The van der Waals surface area contributed by atoms with E-state index in [1.807, 2.05) is 19.1 Å².